The molecule has 1 rings (SSSR count). The fraction of sp³-hybridized carbons (Fsp3) is 0.333. The number of rotatable bonds is 4. The Morgan fingerprint density at radius 3 is 2.57 bits per heavy atom. The summed E-state index contributed by atoms with van der Waals surface area (Å²) in [5.41, 5.74) is 0.233. The van der Waals surface area contributed by atoms with E-state index in [0.29, 0.717) is 0 Å². The van der Waals surface area contributed by atoms with Gasteiger partial charge in [0.05, 0.1) is 24.1 Å². The van der Waals surface area contributed by atoms with E-state index in [0.717, 1.165) is 0 Å². The lowest BCUT2D eigenvalue weighted by molar-refractivity contribution is -0.132. The number of carbonyl (C=O) groups is 2. The summed E-state index contributed by atoms with van der Waals surface area (Å²) in [6.07, 6.45) is -5.47. The first-order chi connectivity index (χ1) is 9.73. The standard InChI is InChI=1S/C12H12ClF3N2O3/c1-21-10(19)8-6-7(2-3-9(8)13)18-11(20)17-5-4-12(14,15)16/h2-3,6H,4-5H2,1H3,(H2,17,18,20). The van der Waals surface area contributed by atoms with Gasteiger partial charge in [0.15, 0.2) is 0 Å². The number of esters is 1. The molecule has 0 bridgehead atoms. The molecule has 2 amide bonds. The third-order valence-electron chi connectivity index (χ3n) is 2.32. The first-order valence-electron chi connectivity index (χ1n) is 5.72. The number of hydrogen-bond acceptors (Lipinski definition) is 3. The topological polar surface area (TPSA) is 67.4 Å². The summed E-state index contributed by atoms with van der Waals surface area (Å²) < 4.78 is 40.3. The van der Waals surface area contributed by atoms with Gasteiger partial charge in [-0.15, -0.1) is 0 Å². The number of alkyl halides is 3. The van der Waals surface area contributed by atoms with Crippen LogP contribution in [-0.2, 0) is 4.74 Å². The van der Waals surface area contributed by atoms with Crippen LogP contribution in [0.4, 0.5) is 23.7 Å². The third kappa shape index (κ3) is 5.90. The second-order valence-corrected chi connectivity index (χ2v) is 4.34. The molecule has 0 aliphatic rings. The zero-order chi connectivity index (χ0) is 16.0. The van der Waals surface area contributed by atoms with Crippen LogP contribution in [0.2, 0.25) is 5.02 Å². The molecule has 5 nitrogen and oxygen atoms in total. The van der Waals surface area contributed by atoms with Gasteiger partial charge < -0.3 is 15.4 Å². The van der Waals surface area contributed by atoms with Crippen molar-refractivity contribution in [3.05, 3.63) is 28.8 Å². The minimum Gasteiger partial charge on any atom is -0.465 e. The van der Waals surface area contributed by atoms with Crippen LogP contribution in [0.3, 0.4) is 0 Å². The molecule has 116 valence electrons. The van der Waals surface area contributed by atoms with E-state index in [1.165, 1.54) is 25.3 Å². The maximum Gasteiger partial charge on any atom is 0.390 e. The molecule has 0 saturated carbocycles. The maximum absolute atomic E-state index is 11.9. The maximum atomic E-state index is 11.9. The van der Waals surface area contributed by atoms with Gasteiger partial charge in [-0.1, -0.05) is 11.6 Å². The Balaban J connectivity index is 2.62. The molecule has 9 heteroatoms. The van der Waals surface area contributed by atoms with Crippen LogP contribution in [0.5, 0.6) is 0 Å². The summed E-state index contributed by atoms with van der Waals surface area (Å²) in [6, 6.07) is 3.20. The van der Waals surface area contributed by atoms with Crippen LogP contribution >= 0.6 is 11.6 Å². The van der Waals surface area contributed by atoms with Gasteiger partial charge in [0.1, 0.15) is 0 Å². The first-order valence-corrected chi connectivity index (χ1v) is 6.10. The number of amides is 2. The largest absolute Gasteiger partial charge is 0.465 e. The van der Waals surface area contributed by atoms with E-state index in [-0.39, 0.29) is 16.3 Å². The molecule has 0 unspecified atom stereocenters. The van der Waals surface area contributed by atoms with Gasteiger partial charge >= 0.3 is 18.2 Å². The minimum absolute atomic E-state index is 0.0345. The van der Waals surface area contributed by atoms with E-state index in [1.54, 1.807) is 0 Å². The predicted octanol–water partition coefficient (Wildman–Crippen LogP) is 3.20. The van der Waals surface area contributed by atoms with Crippen molar-refractivity contribution in [2.24, 2.45) is 0 Å². The fourth-order valence-corrected chi connectivity index (χ4v) is 1.56. The monoisotopic (exact) mass is 324 g/mol. The van der Waals surface area contributed by atoms with Crippen LogP contribution in [-0.4, -0.2) is 31.8 Å². The van der Waals surface area contributed by atoms with Crippen molar-refractivity contribution >= 4 is 29.3 Å². The Bertz CT molecular complexity index is 535. The zero-order valence-corrected chi connectivity index (χ0v) is 11.6. The highest BCUT2D eigenvalue weighted by atomic mass is 35.5. The molecule has 0 aliphatic heterocycles. The van der Waals surface area contributed by atoms with Crippen molar-refractivity contribution < 1.29 is 27.5 Å². The molecule has 0 spiro atoms. The van der Waals surface area contributed by atoms with E-state index in [9.17, 15) is 22.8 Å². The predicted molar refractivity (Wildman–Crippen MR) is 70.5 cm³/mol. The average Bonchev–Trinajstić information content (AvgIpc) is 2.38. The number of carbonyl (C=O) groups excluding carboxylic acids is 2. The Morgan fingerprint density at radius 2 is 2.00 bits per heavy atom. The summed E-state index contributed by atoms with van der Waals surface area (Å²) in [5.74, 6) is -0.693. The normalized spacial score (nSPS) is 10.9. The third-order valence-corrected chi connectivity index (χ3v) is 2.65. The smallest absolute Gasteiger partial charge is 0.390 e. The first kappa shape index (κ1) is 17.1. The molecular formula is C12H12ClF3N2O3. The Morgan fingerprint density at radius 1 is 1.33 bits per heavy atom. The zero-order valence-electron chi connectivity index (χ0n) is 10.9. The van der Waals surface area contributed by atoms with Gasteiger partial charge in [-0.2, -0.15) is 13.2 Å². The lowest BCUT2D eigenvalue weighted by atomic mass is 10.2. The number of halogens is 4. The number of urea groups is 1. The summed E-state index contributed by atoms with van der Waals surface area (Å²) >= 11 is 5.79. The van der Waals surface area contributed by atoms with Gasteiger partial charge in [0.25, 0.3) is 0 Å². The molecule has 0 atom stereocenters. The van der Waals surface area contributed by atoms with Gasteiger partial charge in [-0.05, 0) is 18.2 Å². The number of methoxy groups -OCH3 is 1. The van der Waals surface area contributed by atoms with E-state index in [4.69, 9.17) is 11.6 Å². The molecule has 1 aromatic carbocycles. The molecule has 21 heavy (non-hydrogen) atoms. The fourth-order valence-electron chi connectivity index (χ4n) is 1.36. The van der Waals surface area contributed by atoms with Crippen LogP contribution in [0.15, 0.2) is 18.2 Å². The van der Waals surface area contributed by atoms with E-state index in [2.05, 4.69) is 10.1 Å². The van der Waals surface area contributed by atoms with Crippen molar-refractivity contribution in [2.45, 2.75) is 12.6 Å². The molecule has 0 aromatic heterocycles. The van der Waals surface area contributed by atoms with Crippen LogP contribution in [0.25, 0.3) is 0 Å². The van der Waals surface area contributed by atoms with Crippen LogP contribution < -0.4 is 10.6 Å². The second kappa shape index (κ2) is 7.16. The summed E-state index contributed by atoms with van der Waals surface area (Å²) in [5, 5.41) is 4.47. The quantitative estimate of drug-likeness (QED) is 0.836. The van der Waals surface area contributed by atoms with Crippen molar-refractivity contribution in [3.8, 4) is 0 Å². The molecule has 0 fully saturated rings. The van der Waals surface area contributed by atoms with Gasteiger partial charge in [0, 0.05) is 12.2 Å². The van der Waals surface area contributed by atoms with E-state index >= 15 is 0 Å². The van der Waals surface area contributed by atoms with Crippen molar-refractivity contribution in [2.75, 3.05) is 19.0 Å². The van der Waals surface area contributed by atoms with Crippen molar-refractivity contribution in [3.63, 3.8) is 0 Å². The molecule has 0 saturated heterocycles. The molecule has 2 N–H and O–H groups in total. The highest BCUT2D eigenvalue weighted by molar-refractivity contribution is 6.33. The molecular weight excluding hydrogens is 313 g/mol. The highest BCUT2D eigenvalue weighted by Gasteiger charge is 2.26. The summed E-state index contributed by atoms with van der Waals surface area (Å²) in [4.78, 5) is 22.8. The Labute approximate surface area is 123 Å². The molecule has 0 heterocycles. The number of anilines is 1. The SMILES string of the molecule is COC(=O)c1cc(NC(=O)NCCC(F)(F)F)ccc1Cl. The number of hydrogen-bond donors (Lipinski definition) is 2. The number of ether oxygens (including phenoxy) is 1. The molecule has 0 aliphatic carbocycles. The van der Waals surface area contributed by atoms with Crippen LogP contribution in [0, 0.1) is 0 Å². The van der Waals surface area contributed by atoms with E-state index in [1.807, 2.05) is 5.32 Å². The Hall–Kier alpha value is -1.96. The molecule has 0 radical (unpaired) electrons. The van der Waals surface area contributed by atoms with Gasteiger partial charge in [-0.3, -0.25) is 0 Å². The van der Waals surface area contributed by atoms with Gasteiger partial charge in [0.2, 0.25) is 0 Å². The summed E-state index contributed by atoms with van der Waals surface area (Å²) in [7, 11) is 1.17. The molecule has 1 aromatic rings. The lowest BCUT2D eigenvalue weighted by Crippen LogP contribution is -2.31. The number of benzene rings is 1. The number of nitrogens with one attached hydrogen (secondary N) is 2. The lowest BCUT2D eigenvalue weighted by Gasteiger charge is -2.10. The average molecular weight is 325 g/mol. The summed E-state index contributed by atoms with van der Waals surface area (Å²) in [6.45, 7) is -0.549. The second-order valence-electron chi connectivity index (χ2n) is 3.93. The minimum atomic E-state index is -4.34. The Kier molecular flexibility index (Phi) is 5.83. The van der Waals surface area contributed by atoms with Crippen molar-refractivity contribution in [1.29, 1.82) is 0 Å². The van der Waals surface area contributed by atoms with Gasteiger partial charge in [-0.25, -0.2) is 9.59 Å². The van der Waals surface area contributed by atoms with E-state index < -0.39 is 31.1 Å². The van der Waals surface area contributed by atoms with Crippen molar-refractivity contribution in [1.82, 2.24) is 5.32 Å². The van der Waals surface area contributed by atoms with Crippen LogP contribution in [0.1, 0.15) is 16.8 Å². The highest BCUT2D eigenvalue weighted by Crippen LogP contribution is 2.21.